The molecule has 3 nitrogen and oxygen atoms in total. The maximum Gasteiger partial charge on any atom is 0.183 e. The molecule has 0 bridgehead atoms. The molecule has 5 heteroatoms. The zero-order valence-electron chi connectivity index (χ0n) is 11.8. The summed E-state index contributed by atoms with van der Waals surface area (Å²) in [5.41, 5.74) is 2.11. The minimum Gasteiger partial charge on any atom is -0.292 e. The molecule has 3 rings (SSSR count). The molecule has 0 saturated heterocycles. The second-order valence-corrected chi connectivity index (χ2v) is 6.70. The predicted octanol–water partition coefficient (Wildman–Crippen LogP) is 4.28. The van der Waals surface area contributed by atoms with Crippen LogP contribution in [0.4, 0.5) is 0 Å². The van der Waals surface area contributed by atoms with E-state index in [-0.39, 0.29) is 5.78 Å². The number of thiophene rings is 1. The van der Waals surface area contributed by atoms with Crippen LogP contribution in [0.1, 0.15) is 21.1 Å². The normalized spacial score (nSPS) is 11.0. The van der Waals surface area contributed by atoms with Crippen molar-refractivity contribution in [1.82, 2.24) is 9.97 Å². The second-order valence-electron chi connectivity index (χ2n) is 4.79. The van der Waals surface area contributed by atoms with Gasteiger partial charge < -0.3 is 0 Å². The maximum atomic E-state index is 12.1. The lowest BCUT2D eigenvalue weighted by Gasteiger charge is -2.06. The molecule has 0 saturated carbocycles. The molecule has 2 heterocycles. The minimum absolute atomic E-state index is 0.145. The molecule has 0 radical (unpaired) electrons. The SMILES string of the molecule is Cc1ccc2c(SCC(=O)c3cccs3)nc(C)nc2c1. The lowest BCUT2D eigenvalue weighted by atomic mass is 10.2. The molecule has 0 spiro atoms. The maximum absolute atomic E-state index is 12.1. The molecular formula is C16H14N2OS2. The Hall–Kier alpha value is -1.72. The summed E-state index contributed by atoms with van der Waals surface area (Å²) in [6.07, 6.45) is 0. The van der Waals surface area contributed by atoms with Crippen LogP contribution in [0.3, 0.4) is 0 Å². The number of nitrogens with zero attached hydrogens (tertiary/aromatic N) is 2. The van der Waals surface area contributed by atoms with Gasteiger partial charge in [-0.2, -0.15) is 0 Å². The fourth-order valence-electron chi connectivity index (χ4n) is 2.07. The van der Waals surface area contributed by atoms with E-state index in [0.29, 0.717) is 5.75 Å². The number of ketones is 1. The average molecular weight is 314 g/mol. The number of thioether (sulfide) groups is 1. The number of fused-ring (bicyclic) bond motifs is 1. The molecule has 106 valence electrons. The summed E-state index contributed by atoms with van der Waals surface area (Å²) < 4.78 is 0. The van der Waals surface area contributed by atoms with E-state index in [2.05, 4.69) is 16.0 Å². The molecule has 0 fully saturated rings. The third-order valence-electron chi connectivity index (χ3n) is 3.07. The Bertz CT molecular complexity index is 792. The van der Waals surface area contributed by atoms with Gasteiger partial charge in [0.25, 0.3) is 0 Å². The molecule has 0 aliphatic heterocycles. The van der Waals surface area contributed by atoms with Gasteiger partial charge in [-0.05, 0) is 43.0 Å². The van der Waals surface area contributed by atoms with Crippen molar-refractivity contribution in [3.05, 3.63) is 52.0 Å². The molecule has 0 unspecified atom stereocenters. The monoisotopic (exact) mass is 314 g/mol. The number of hydrogen-bond acceptors (Lipinski definition) is 5. The quantitative estimate of drug-likeness (QED) is 0.409. The van der Waals surface area contributed by atoms with E-state index in [4.69, 9.17) is 0 Å². The van der Waals surface area contributed by atoms with Crippen molar-refractivity contribution in [2.24, 2.45) is 0 Å². The first kappa shape index (κ1) is 14.2. The van der Waals surface area contributed by atoms with E-state index in [1.807, 2.05) is 43.5 Å². The first-order valence-corrected chi connectivity index (χ1v) is 8.44. The van der Waals surface area contributed by atoms with Crippen LogP contribution in [-0.2, 0) is 0 Å². The van der Waals surface area contributed by atoms with Crippen molar-refractivity contribution in [1.29, 1.82) is 0 Å². The van der Waals surface area contributed by atoms with Gasteiger partial charge in [0.1, 0.15) is 10.9 Å². The molecule has 21 heavy (non-hydrogen) atoms. The topological polar surface area (TPSA) is 42.9 Å². The van der Waals surface area contributed by atoms with E-state index in [9.17, 15) is 4.79 Å². The van der Waals surface area contributed by atoms with Gasteiger partial charge in [-0.15, -0.1) is 11.3 Å². The highest BCUT2D eigenvalue weighted by Gasteiger charge is 2.11. The van der Waals surface area contributed by atoms with Gasteiger partial charge in [-0.1, -0.05) is 23.9 Å². The number of aryl methyl sites for hydroxylation is 2. The van der Waals surface area contributed by atoms with E-state index in [1.165, 1.54) is 28.7 Å². The summed E-state index contributed by atoms with van der Waals surface area (Å²) in [6.45, 7) is 3.93. The van der Waals surface area contributed by atoms with Crippen LogP contribution in [0, 0.1) is 13.8 Å². The zero-order chi connectivity index (χ0) is 14.8. The van der Waals surface area contributed by atoms with Crippen molar-refractivity contribution >= 4 is 39.8 Å². The van der Waals surface area contributed by atoms with Crippen molar-refractivity contribution in [3.8, 4) is 0 Å². The fourth-order valence-corrected chi connectivity index (χ4v) is 3.78. The summed E-state index contributed by atoms with van der Waals surface area (Å²) in [5.74, 6) is 1.28. The number of carbonyl (C=O) groups is 1. The molecule has 2 aromatic heterocycles. The molecule has 3 aromatic rings. The Morgan fingerprint density at radius 2 is 2.10 bits per heavy atom. The van der Waals surface area contributed by atoms with Crippen molar-refractivity contribution in [2.45, 2.75) is 18.9 Å². The third kappa shape index (κ3) is 3.14. The summed E-state index contributed by atoms with van der Waals surface area (Å²) in [6, 6.07) is 9.89. The van der Waals surface area contributed by atoms with Crippen molar-refractivity contribution < 1.29 is 4.79 Å². The first-order chi connectivity index (χ1) is 10.1. The minimum atomic E-state index is 0.145. The number of carbonyl (C=O) groups excluding carboxylic acids is 1. The van der Waals surface area contributed by atoms with Crippen LogP contribution in [0.2, 0.25) is 0 Å². The van der Waals surface area contributed by atoms with Gasteiger partial charge in [0, 0.05) is 5.39 Å². The van der Waals surface area contributed by atoms with Crippen LogP contribution in [0.15, 0.2) is 40.7 Å². The first-order valence-electron chi connectivity index (χ1n) is 6.58. The summed E-state index contributed by atoms with van der Waals surface area (Å²) >= 11 is 2.96. The van der Waals surface area contributed by atoms with Crippen LogP contribution < -0.4 is 0 Å². The van der Waals surface area contributed by atoms with Gasteiger partial charge in [-0.25, -0.2) is 9.97 Å². The lowest BCUT2D eigenvalue weighted by molar-refractivity contribution is 0.102. The van der Waals surface area contributed by atoms with Gasteiger partial charge in [0.2, 0.25) is 0 Å². The molecule has 0 atom stereocenters. The fraction of sp³-hybridized carbons (Fsp3) is 0.188. The Labute approximate surface area is 131 Å². The molecule has 0 N–H and O–H groups in total. The number of aromatic nitrogens is 2. The smallest absolute Gasteiger partial charge is 0.183 e. The van der Waals surface area contributed by atoms with E-state index in [1.54, 1.807) is 0 Å². The van der Waals surface area contributed by atoms with Gasteiger partial charge in [0.05, 0.1) is 16.1 Å². The third-order valence-corrected chi connectivity index (χ3v) is 4.97. The van der Waals surface area contributed by atoms with Crippen molar-refractivity contribution in [2.75, 3.05) is 5.75 Å². The Kier molecular flexibility index (Phi) is 4.03. The standard InChI is InChI=1S/C16H14N2OS2/c1-10-5-6-12-13(8-10)17-11(2)18-16(12)21-9-14(19)15-4-3-7-20-15/h3-8H,9H2,1-2H3. The van der Waals surface area contributed by atoms with Gasteiger partial charge in [0.15, 0.2) is 5.78 Å². The second kappa shape index (κ2) is 5.95. The van der Waals surface area contributed by atoms with E-state index >= 15 is 0 Å². The summed E-state index contributed by atoms with van der Waals surface area (Å²) in [4.78, 5) is 21.9. The Balaban J connectivity index is 1.88. The van der Waals surface area contributed by atoms with E-state index < -0.39 is 0 Å². The number of hydrogen-bond donors (Lipinski definition) is 0. The van der Waals surface area contributed by atoms with Crippen LogP contribution in [-0.4, -0.2) is 21.5 Å². The number of benzene rings is 1. The summed E-state index contributed by atoms with van der Waals surface area (Å²) in [5, 5.41) is 3.81. The molecule has 1 aromatic carbocycles. The Morgan fingerprint density at radius 1 is 1.24 bits per heavy atom. The highest BCUT2D eigenvalue weighted by molar-refractivity contribution is 8.00. The van der Waals surface area contributed by atoms with E-state index in [0.717, 1.165) is 26.6 Å². The average Bonchev–Trinajstić information content (AvgIpc) is 2.97. The van der Waals surface area contributed by atoms with Crippen LogP contribution in [0.25, 0.3) is 10.9 Å². The van der Waals surface area contributed by atoms with Crippen LogP contribution in [0.5, 0.6) is 0 Å². The molecular weight excluding hydrogens is 300 g/mol. The van der Waals surface area contributed by atoms with Crippen LogP contribution >= 0.6 is 23.1 Å². The highest BCUT2D eigenvalue weighted by atomic mass is 32.2. The number of rotatable bonds is 4. The Morgan fingerprint density at radius 3 is 2.86 bits per heavy atom. The summed E-state index contributed by atoms with van der Waals surface area (Å²) in [7, 11) is 0. The molecule has 0 aliphatic carbocycles. The van der Waals surface area contributed by atoms with Gasteiger partial charge in [-0.3, -0.25) is 4.79 Å². The predicted molar refractivity (Wildman–Crippen MR) is 88.4 cm³/mol. The zero-order valence-corrected chi connectivity index (χ0v) is 13.4. The highest BCUT2D eigenvalue weighted by Crippen LogP contribution is 2.27. The number of Topliss-reactive ketones (excluding diaryl/α,β-unsaturated/α-hetero) is 1. The molecule has 0 amide bonds. The largest absolute Gasteiger partial charge is 0.292 e. The lowest BCUT2D eigenvalue weighted by Crippen LogP contribution is -2.01. The molecule has 0 aliphatic rings. The van der Waals surface area contributed by atoms with Gasteiger partial charge >= 0.3 is 0 Å². The van der Waals surface area contributed by atoms with Crippen molar-refractivity contribution in [3.63, 3.8) is 0 Å².